The van der Waals surface area contributed by atoms with Crippen LogP contribution in [0.15, 0.2) is 6.07 Å². The third-order valence-corrected chi connectivity index (χ3v) is 6.15. The smallest absolute Gasteiger partial charge is 0.264 e. The van der Waals surface area contributed by atoms with Crippen molar-refractivity contribution in [2.45, 2.75) is 25.3 Å². The highest BCUT2D eigenvalue weighted by Crippen LogP contribution is 2.35. The summed E-state index contributed by atoms with van der Waals surface area (Å²) in [6, 6.07) is 2.17. The van der Waals surface area contributed by atoms with E-state index >= 15 is 0 Å². The normalized spacial score (nSPS) is 19.2. The fourth-order valence-corrected chi connectivity index (χ4v) is 4.76. The van der Waals surface area contributed by atoms with Gasteiger partial charge in [0.1, 0.15) is 4.83 Å². The summed E-state index contributed by atoms with van der Waals surface area (Å²) in [5, 5.41) is 0.980. The standard InChI is InChI=1S/C14H20N4OS2/c1-17(2)14-16-12-10(21-14)7-11(20-12)13(19)18-6-4-3-5-9(18)8-15/h7,9H,3-6,8,15H2,1-2H3. The van der Waals surface area contributed by atoms with Crippen LogP contribution in [0.25, 0.3) is 9.53 Å². The Balaban J connectivity index is 1.85. The van der Waals surface area contributed by atoms with E-state index in [1.807, 2.05) is 30.0 Å². The van der Waals surface area contributed by atoms with Crippen LogP contribution < -0.4 is 10.6 Å². The Morgan fingerprint density at radius 1 is 1.48 bits per heavy atom. The van der Waals surface area contributed by atoms with E-state index < -0.39 is 0 Å². The molecule has 0 aliphatic carbocycles. The first kappa shape index (κ1) is 14.7. The van der Waals surface area contributed by atoms with E-state index in [2.05, 4.69) is 4.98 Å². The Bertz CT molecular complexity index is 617. The average Bonchev–Trinajstić information content (AvgIpc) is 3.05. The minimum atomic E-state index is 0.117. The van der Waals surface area contributed by atoms with E-state index in [9.17, 15) is 4.79 Å². The van der Waals surface area contributed by atoms with Crippen LogP contribution in [0.5, 0.6) is 0 Å². The number of thiophene rings is 1. The molecular formula is C14H20N4OS2. The lowest BCUT2D eigenvalue weighted by atomic mass is 10.0. The van der Waals surface area contributed by atoms with Gasteiger partial charge in [-0.1, -0.05) is 11.3 Å². The molecule has 0 bridgehead atoms. The Labute approximate surface area is 132 Å². The number of fused-ring (bicyclic) bond motifs is 1. The van der Waals surface area contributed by atoms with Crippen molar-refractivity contribution in [2.75, 3.05) is 32.1 Å². The zero-order valence-electron chi connectivity index (χ0n) is 12.3. The Morgan fingerprint density at radius 3 is 2.95 bits per heavy atom. The molecule has 3 rings (SSSR count). The lowest BCUT2D eigenvalue weighted by Crippen LogP contribution is -2.47. The summed E-state index contributed by atoms with van der Waals surface area (Å²) in [4.78, 5) is 23.0. The van der Waals surface area contributed by atoms with Gasteiger partial charge in [0.15, 0.2) is 5.13 Å². The Kier molecular flexibility index (Phi) is 4.14. The highest BCUT2D eigenvalue weighted by Gasteiger charge is 2.28. The second kappa shape index (κ2) is 5.90. The predicted molar refractivity (Wildman–Crippen MR) is 89.6 cm³/mol. The third kappa shape index (κ3) is 2.77. The molecule has 0 aromatic carbocycles. The van der Waals surface area contributed by atoms with Crippen LogP contribution in [0.4, 0.5) is 5.13 Å². The second-order valence-corrected chi connectivity index (χ2v) is 7.59. The van der Waals surface area contributed by atoms with Crippen molar-refractivity contribution in [1.29, 1.82) is 0 Å². The van der Waals surface area contributed by atoms with Crippen molar-refractivity contribution in [2.24, 2.45) is 5.73 Å². The fourth-order valence-electron chi connectivity index (χ4n) is 2.67. The first-order valence-corrected chi connectivity index (χ1v) is 8.82. The zero-order chi connectivity index (χ0) is 15.0. The molecule has 5 nitrogen and oxygen atoms in total. The number of nitrogens with zero attached hydrogens (tertiary/aromatic N) is 3. The number of carbonyl (C=O) groups is 1. The van der Waals surface area contributed by atoms with E-state index in [4.69, 9.17) is 5.73 Å². The zero-order valence-corrected chi connectivity index (χ0v) is 14.0. The largest absolute Gasteiger partial charge is 0.354 e. The van der Waals surface area contributed by atoms with Gasteiger partial charge in [0, 0.05) is 33.2 Å². The molecule has 1 unspecified atom stereocenters. The number of nitrogens with two attached hydrogens (primary N) is 1. The van der Waals surface area contributed by atoms with Crippen molar-refractivity contribution in [1.82, 2.24) is 9.88 Å². The maximum atomic E-state index is 12.7. The minimum Gasteiger partial charge on any atom is -0.354 e. The topological polar surface area (TPSA) is 62.5 Å². The number of aromatic nitrogens is 1. The Hall–Kier alpha value is -1.18. The maximum Gasteiger partial charge on any atom is 0.264 e. The van der Waals surface area contributed by atoms with Gasteiger partial charge < -0.3 is 15.5 Å². The first-order valence-electron chi connectivity index (χ1n) is 7.19. The lowest BCUT2D eigenvalue weighted by Gasteiger charge is -2.34. The van der Waals surface area contributed by atoms with Gasteiger partial charge >= 0.3 is 0 Å². The molecule has 2 aromatic rings. The molecule has 1 aliphatic heterocycles. The fraction of sp³-hybridized carbons (Fsp3) is 0.571. The van der Waals surface area contributed by atoms with E-state index in [1.54, 1.807) is 11.3 Å². The van der Waals surface area contributed by atoms with E-state index in [1.165, 1.54) is 17.8 Å². The van der Waals surface area contributed by atoms with Crippen LogP contribution in [0.1, 0.15) is 28.9 Å². The summed E-state index contributed by atoms with van der Waals surface area (Å²) in [6.45, 7) is 1.37. The van der Waals surface area contributed by atoms with Gasteiger partial charge in [-0.15, -0.1) is 11.3 Å². The van der Waals surface area contributed by atoms with Gasteiger partial charge in [-0.3, -0.25) is 4.79 Å². The van der Waals surface area contributed by atoms with E-state index in [0.717, 1.165) is 38.9 Å². The summed E-state index contributed by atoms with van der Waals surface area (Å²) < 4.78 is 1.09. The molecule has 7 heteroatoms. The molecule has 114 valence electrons. The molecule has 2 N–H and O–H groups in total. The SMILES string of the molecule is CN(C)c1nc2sc(C(=O)N3CCCCC3CN)cc2s1. The predicted octanol–water partition coefficient (Wildman–Crippen LogP) is 2.38. The number of hydrogen-bond donors (Lipinski definition) is 1. The van der Waals surface area contributed by atoms with Crippen molar-refractivity contribution in [3.8, 4) is 0 Å². The summed E-state index contributed by atoms with van der Waals surface area (Å²) in [5.74, 6) is 0.117. The van der Waals surface area contributed by atoms with Crippen molar-refractivity contribution < 1.29 is 4.79 Å². The van der Waals surface area contributed by atoms with Crippen LogP contribution in [0.2, 0.25) is 0 Å². The molecule has 2 aromatic heterocycles. The van der Waals surface area contributed by atoms with Crippen LogP contribution >= 0.6 is 22.7 Å². The number of amides is 1. The van der Waals surface area contributed by atoms with Crippen LogP contribution in [-0.4, -0.2) is 49.0 Å². The molecule has 21 heavy (non-hydrogen) atoms. The van der Waals surface area contributed by atoms with Gasteiger partial charge in [0.2, 0.25) is 0 Å². The number of anilines is 1. The molecule has 1 aliphatic rings. The average molecular weight is 324 g/mol. The number of carbonyl (C=O) groups excluding carboxylic acids is 1. The van der Waals surface area contributed by atoms with Crippen LogP contribution in [0.3, 0.4) is 0 Å². The lowest BCUT2D eigenvalue weighted by molar-refractivity contribution is 0.0628. The second-order valence-electron chi connectivity index (χ2n) is 5.55. The van der Waals surface area contributed by atoms with Gasteiger partial charge in [-0.05, 0) is 25.3 Å². The number of rotatable bonds is 3. The summed E-state index contributed by atoms with van der Waals surface area (Å²) in [5.41, 5.74) is 5.81. The van der Waals surface area contributed by atoms with Gasteiger partial charge in [0.05, 0.1) is 9.58 Å². The van der Waals surface area contributed by atoms with Crippen molar-refractivity contribution in [3.63, 3.8) is 0 Å². The summed E-state index contributed by atoms with van der Waals surface area (Å²) in [6.07, 6.45) is 3.26. The van der Waals surface area contributed by atoms with Crippen LogP contribution in [-0.2, 0) is 0 Å². The molecule has 1 fully saturated rings. The molecule has 3 heterocycles. The number of likely N-dealkylation sites (tertiary alicyclic amines) is 1. The van der Waals surface area contributed by atoms with Gasteiger partial charge in [-0.25, -0.2) is 4.98 Å². The van der Waals surface area contributed by atoms with E-state index in [0.29, 0.717) is 6.54 Å². The van der Waals surface area contributed by atoms with Crippen molar-refractivity contribution >= 4 is 43.2 Å². The quantitative estimate of drug-likeness (QED) is 0.941. The molecular weight excluding hydrogens is 304 g/mol. The third-order valence-electron chi connectivity index (χ3n) is 3.83. The molecule has 1 atom stereocenters. The van der Waals surface area contributed by atoms with Gasteiger partial charge in [-0.2, -0.15) is 0 Å². The van der Waals surface area contributed by atoms with Gasteiger partial charge in [0.25, 0.3) is 5.91 Å². The number of hydrogen-bond acceptors (Lipinski definition) is 6. The summed E-state index contributed by atoms with van der Waals surface area (Å²) >= 11 is 3.12. The summed E-state index contributed by atoms with van der Waals surface area (Å²) in [7, 11) is 3.96. The monoisotopic (exact) mass is 324 g/mol. The van der Waals surface area contributed by atoms with E-state index in [-0.39, 0.29) is 11.9 Å². The highest BCUT2D eigenvalue weighted by molar-refractivity contribution is 7.29. The molecule has 0 saturated carbocycles. The minimum absolute atomic E-state index is 0.117. The molecule has 1 saturated heterocycles. The molecule has 1 amide bonds. The number of piperidine rings is 1. The van der Waals surface area contributed by atoms with Crippen molar-refractivity contribution in [3.05, 3.63) is 10.9 Å². The number of thiazole rings is 1. The molecule has 0 radical (unpaired) electrons. The molecule has 0 spiro atoms. The maximum absolute atomic E-state index is 12.7. The first-order chi connectivity index (χ1) is 10.1. The Morgan fingerprint density at radius 2 is 2.29 bits per heavy atom. The highest BCUT2D eigenvalue weighted by atomic mass is 32.1. The van der Waals surface area contributed by atoms with Crippen LogP contribution in [0, 0.1) is 0 Å².